The van der Waals surface area contributed by atoms with E-state index in [-0.39, 0.29) is 0 Å². The van der Waals surface area contributed by atoms with E-state index in [2.05, 4.69) is 121 Å². The average molecular weight is 626 g/mol. The van der Waals surface area contributed by atoms with Crippen molar-refractivity contribution in [3.63, 3.8) is 0 Å². The van der Waals surface area contributed by atoms with Gasteiger partial charge < -0.3 is 4.42 Å². The van der Waals surface area contributed by atoms with Crippen LogP contribution in [0.15, 0.2) is 168 Å². The molecule has 0 saturated carbocycles. The normalized spacial score (nSPS) is 11.7. The molecule has 0 spiro atoms. The summed E-state index contributed by atoms with van der Waals surface area (Å²) in [7, 11) is 0. The first kappa shape index (κ1) is 27.5. The monoisotopic (exact) mass is 625 g/mol. The summed E-state index contributed by atoms with van der Waals surface area (Å²) in [6.45, 7) is 0. The first-order valence-electron chi connectivity index (χ1n) is 16.5. The number of fused-ring (bicyclic) bond motifs is 7. The van der Waals surface area contributed by atoms with Crippen LogP contribution in [-0.4, -0.2) is 15.0 Å². The molecule has 0 saturated heterocycles. The maximum Gasteiger partial charge on any atom is 0.160 e. The van der Waals surface area contributed by atoms with Crippen molar-refractivity contribution in [3.05, 3.63) is 164 Å². The highest BCUT2D eigenvalue weighted by atomic mass is 16.3. The average Bonchev–Trinajstić information content (AvgIpc) is 3.55. The molecule has 3 heterocycles. The van der Waals surface area contributed by atoms with Crippen molar-refractivity contribution in [2.45, 2.75) is 0 Å². The van der Waals surface area contributed by atoms with Crippen molar-refractivity contribution in [3.8, 4) is 45.0 Å². The van der Waals surface area contributed by atoms with E-state index in [4.69, 9.17) is 19.4 Å². The first-order valence-corrected chi connectivity index (χ1v) is 16.5. The van der Waals surface area contributed by atoms with Gasteiger partial charge in [0, 0.05) is 54.6 Å². The van der Waals surface area contributed by atoms with Crippen LogP contribution in [0.25, 0.3) is 99.5 Å². The molecule has 7 aromatic carbocycles. The van der Waals surface area contributed by atoms with Gasteiger partial charge in [-0.1, -0.05) is 133 Å². The molecule has 10 aromatic rings. The third-order valence-corrected chi connectivity index (χ3v) is 9.44. The van der Waals surface area contributed by atoms with Crippen LogP contribution in [0, 0.1) is 0 Å². The molecular formula is C45H27N3O. The van der Waals surface area contributed by atoms with E-state index in [0.717, 1.165) is 93.7 Å². The number of hydrogen-bond donors (Lipinski definition) is 0. The van der Waals surface area contributed by atoms with E-state index < -0.39 is 0 Å². The summed E-state index contributed by atoms with van der Waals surface area (Å²) in [6.07, 6.45) is 0. The van der Waals surface area contributed by atoms with Crippen molar-refractivity contribution in [2.75, 3.05) is 0 Å². The number of pyridine rings is 1. The lowest BCUT2D eigenvalue weighted by Gasteiger charge is -2.16. The van der Waals surface area contributed by atoms with Crippen LogP contribution in [0.4, 0.5) is 0 Å². The number of furan rings is 1. The fraction of sp³-hybridized carbons (Fsp3) is 0. The molecule has 0 atom stereocenters. The number of para-hydroxylation sites is 3. The zero-order chi connectivity index (χ0) is 32.3. The summed E-state index contributed by atoms with van der Waals surface area (Å²) in [5, 5.41) is 6.54. The molecule has 4 nitrogen and oxygen atoms in total. The summed E-state index contributed by atoms with van der Waals surface area (Å²) in [6, 6.07) is 56.5. The Balaban J connectivity index is 1.27. The van der Waals surface area contributed by atoms with Crippen LogP contribution in [0.1, 0.15) is 0 Å². The third-order valence-electron chi connectivity index (χ3n) is 9.44. The van der Waals surface area contributed by atoms with E-state index in [1.807, 2.05) is 42.5 Å². The van der Waals surface area contributed by atoms with Crippen LogP contribution < -0.4 is 0 Å². The van der Waals surface area contributed by atoms with Gasteiger partial charge in [0.25, 0.3) is 0 Å². The summed E-state index contributed by atoms with van der Waals surface area (Å²) in [5.74, 6) is 0.675. The smallest absolute Gasteiger partial charge is 0.160 e. The molecule has 4 heteroatoms. The summed E-state index contributed by atoms with van der Waals surface area (Å²) < 4.78 is 6.57. The second kappa shape index (κ2) is 11.0. The van der Waals surface area contributed by atoms with E-state index in [1.54, 1.807) is 0 Å². The van der Waals surface area contributed by atoms with Gasteiger partial charge in [-0.05, 0) is 35.9 Å². The molecule has 0 aliphatic carbocycles. The number of nitrogens with zero attached hydrogens (tertiary/aromatic N) is 3. The first-order chi connectivity index (χ1) is 24.3. The molecule has 0 aliphatic rings. The van der Waals surface area contributed by atoms with Gasteiger partial charge >= 0.3 is 0 Å². The number of hydrogen-bond acceptors (Lipinski definition) is 4. The molecule has 3 aromatic heterocycles. The fourth-order valence-corrected chi connectivity index (χ4v) is 7.26. The van der Waals surface area contributed by atoms with Crippen molar-refractivity contribution >= 4 is 54.5 Å². The molecule has 10 rings (SSSR count). The minimum Gasteiger partial charge on any atom is -0.456 e. The van der Waals surface area contributed by atoms with E-state index in [9.17, 15) is 0 Å². The second-order valence-electron chi connectivity index (χ2n) is 12.3. The predicted molar refractivity (Wildman–Crippen MR) is 201 cm³/mol. The van der Waals surface area contributed by atoms with Crippen LogP contribution in [0.5, 0.6) is 0 Å². The van der Waals surface area contributed by atoms with Crippen LogP contribution in [0.2, 0.25) is 0 Å². The van der Waals surface area contributed by atoms with Crippen LogP contribution >= 0.6 is 0 Å². The Labute approximate surface area is 282 Å². The molecule has 0 aliphatic heterocycles. The Hall–Kier alpha value is -6.65. The lowest BCUT2D eigenvalue weighted by molar-refractivity contribution is 0.669. The standard InChI is InChI=1S/C45H27N3O/c1-3-14-28(15-4-1)40-41-32-20-7-10-23-36(32)46-44(35(41)27-39-42(40)34-22-9-12-25-38(34)49-39)30-18-13-19-31(26-30)45-47-37-24-11-8-21-33(37)43(48-45)29-16-5-2-6-17-29/h1-27H. The highest BCUT2D eigenvalue weighted by molar-refractivity contribution is 6.27. The largest absolute Gasteiger partial charge is 0.456 e. The fourth-order valence-electron chi connectivity index (χ4n) is 7.26. The molecule has 0 fully saturated rings. The Bertz CT molecular complexity index is 2880. The topological polar surface area (TPSA) is 51.8 Å². The van der Waals surface area contributed by atoms with E-state index in [0.29, 0.717) is 5.82 Å². The molecule has 0 unspecified atom stereocenters. The van der Waals surface area contributed by atoms with Gasteiger partial charge in [-0.2, -0.15) is 0 Å². The summed E-state index contributed by atoms with van der Waals surface area (Å²) in [5.41, 5.74) is 10.6. The lowest BCUT2D eigenvalue weighted by Crippen LogP contribution is -1.96. The van der Waals surface area contributed by atoms with E-state index >= 15 is 0 Å². The molecule has 0 radical (unpaired) electrons. The molecule has 0 amide bonds. The van der Waals surface area contributed by atoms with Gasteiger partial charge in [-0.3, -0.25) is 0 Å². The van der Waals surface area contributed by atoms with Gasteiger partial charge in [0.1, 0.15) is 11.2 Å². The van der Waals surface area contributed by atoms with Crippen molar-refractivity contribution in [1.29, 1.82) is 0 Å². The number of rotatable bonds is 4. The Morgan fingerprint density at radius 3 is 1.73 bits per heavy atom. The Morgan fingerprint density at radius 1 is 0.347 bits per heavy atom. The number of aromatic nitrogens is 3. The second-order valence-corrected chi connectivity index (χ2v) is 12.3. The Morgan fingerprint density at radius 2 is 0.939 bits per heavy atom. The third kappa shape index (κ3) is 4.42. The van der Waals surface area contributed by atoms with Gasteiger partial charge in [-0.15, -0.1) is 0 Å². The zero-order valence-electron chi connectivity index (χ0n) is 26.3. The van der Waals surface area contributed by atoms with Crippen LogP contribution in [0.3, 0.4) is 0 Å². The molecule has 49 heavy (non-hydrogen) atoms. The van der Waals surface area contributed by atoms with Gasteiger partial charge in [0.2, 0.25) is 0 Å². The van der Waals surface area contributed by atoms with Crippen molar-refractivity contribution in [2.24, 2.45) is 0 Å². The highest BCUT2D eigenvalue weighted by Crippen LogP contribution is 2.46. The molecule has 0 N–H and O–H groups in total. The SMILES string of the molecule is c1ccc(-c2nc(-c3cccc(-c4nc5ccccc5c5c(-c6ccccc6)c6c(cc45)oc4ccccc46)c3)nc3ccccc23)cc1. The predicted octanol–water partition coefficient (Wildman–Crippen LogP) is 11.9. The van der Waals surface area contributed by atoms with Gasteiger partial charge in [0.05, 0.1) is 22.4 Å². The highest BCUT2D eigenvalue weighted by Gasteiger charge is 2.22. The van der Waals surface area contributed by atoms with Crippen molar-refractivity contribution in [1.82, 2.24) is 15.0 Å². The van der Waals surface area contributed by atoms with Gasteiger partial charge in [-0.25, -0.2) is 15.0 Å². The molecule has 0 bridgehead atoms. The van der Waals surface area contributed by atoms with Crippen molar-refractivity contribution < 1.29 is 4.42 Å². The minimum atomic E-state index is 0.675. The maximum absolute atomic E-state index is 6.57. The quantitative estimate of drug-likeness (QED) is 0.183. The summed E-state index contributed by atoms with van der Waals surface area (Å²) in [4.78, 5) is 15.5. The molecular weight excluding hydrogens is 599 g/mol. The lowest BCUT2D eigenvalue weighted by atomic mass is 9.89. The maximum atomic E-state index is 6.57. The zero-order valence-corrected chi connectivity index (χ0v) is 26.3. The summed E-state index contributed by atoms with van der Waals surface area (Å²) >= 11 is 0. The van der Waals surface area contributed by atoms with E-state index in [1.165, 1.54) is 0 Å². The Kier molecular flexibility index (Phi) is 6.15. The van der Waals surface area contributed by atoms with Crippen LogP contribution in [-0.2, 0) is 0 Å². The molecule has 228 valence electrons. The number of benzene rings is 7. The van der Waals surface area contributed by atoms with Gasteiger partial charge in [0.15, 0.2) is 5.82 Å². The minimum absolute atomic E-state index is 0.675.